The monoisotopic (exact) mass is 409 g/mol. The van der Waals surface area contributed by atoms with Crippen LogP contribution in [0.2, 0.25) is 5.02 Å². The van der Waals surface area contributed by atoms with Crippen LogP contribution in [0.4, 0.5) is 5.69 Å². The van der Waals surface area contributed by atoms with Gasteiger partial charge < -0.3 is 10.1 Å². The Bertz CT molecular complexity index is 955. The number of hydrogen-bond donors (Lipinski definition) is 1. The molecular weight excluding hydrogens is 390 g/mol. The number of esters is 1. The molecule has 0 radical (unpaired) electrons. The fourth-order valence-electron chi connectivity index (χ4n) is 2.30. The molecule has 0 spiro atoms. The third kappa shape index (κ3) is 6.08. The Hall–Kier alpha value is -2.38. The molecule has 0 unspecified atom stereocenters. The van der Waals surface area contributed by atoms with Crippen molar-refractivity contribution >= 4 is 39.0 Å². The number of carbonyl (C=O) groups excluding carboxylic acids is 2. The number of anilines is 1. The lowest BCUT2D eigenvalue weighted by atomic mass is 10.1. The first-order valence-corrected chi connectivity index (χ1v) is 10.5. The van der Waals surface area contributed by atoms with Crippen molar-refractivity contribution in [1.82, 2.24) is 0 Å². The minimum atomic E-state index is -3.16. The molecule has 0 bridgehead atoms. The quantitative estimate of drug-likeness (QED) is 0.738. The van der Waals surface area contributed by atoms with Crippen molar-refractivity contribution in [2.75, 3.05) is 11.6 Å². The molecule has 8 heteroatoms. The SMILES string of the molecule is Cc1c(Cl)cccc1NC(=O)[C@H](C)OC(=O)c1ccc(CS(C)(=O)=O)cc1. The molecule has 0 heterocycles. The maximum absolute atomic E-state index is 12.3. The maximum Gasteiger partial charge on any atom is 0.338 e. The summed E-state index contributed by atoms with van der Waals surface area (Å²) in [6.45, 7) is 3.23. The largest absolute Gasteiger partial charge is 0.449 e. The summed E-state index contributed by atoms with van der Waals surface area (Å²) in [6.07, 6.45) is 0.114. The number of ether oxygens (including phenoxy) is 1. The number of amides is 1. The second-order valence-electron chi connectivity index (χ2n) is 6.22. The Morgan fingerprint density at radius 2 is 1.78 bits per heavy atom. The van der Waals surface area contributed by atoms with Crippen LogP contribution in [-0.4, -0.2) is 32.7 Å². The Morgan fingerprint density at radius 3 is 2.37 bits per heavy atom. The van der Waals surface area contributed by atoms with Gasteiger partial charge in [0.1, 0.15) is 0 Å². The first-order valence-electron chi connectivity index (χ1n) is 8.10. The predicted octanol–water partition coefficient (Wildman–Crippen LogP) is 3.38. The molecule has 0 aliphatic carbocycles. The van der Waals surface area contributed by atoms with Gasteiger partial charge in [0.15, 0.2) is 15.9 Å². The van der Waals surface area contributed by atoms with E-state index in [1.54, 1.807) is 25.1 Å². The Balaban J connectivity index is 2.00. The van der Waals surface area contributed by atoms with E-state index in [4.69, 9.17) is 16.3 Å². The summed E-state index contributed by atoms with van der Waals surface area (Å²) in [5, 5.41) is 3.20. The molecule has 1 atom stereocenters. The summed E-state index contributed by atoms with van der Waals surface area (Å²) in [5.74, 6) is -1.27. The van der Waals surface area contributed by atoms with Gasteiger partial charge in [-0.25, -0.2) is 13.2 Å². The van der Waals surface area contributed by atoms with Gasteiger partial charge in [-0.2, -0.15) is 0 Å². The maximum atomic E-state index is 12.3. The Morgan fingerprint density at radius 1 is 1.15 bits per heavy atom. The molecule has 0 fully saturated rings. The summed E-state index contributed by atoms with van der Waals surface area (Å²) < 4.78 is 27.8. The molecule has 2 rings (SSSR count). The van der Waals surface area contributed by atoms with E-state index in [1.165, 1.54) is 31.2 Å². The molecule has 0 aliphatic heterocycles. The summed E-state index contributed by atoms with van der Waals surface area (Å²) in [6, 6.07) is 11.1. The number of sulfone groups is 1. The average Bonchev–Trinajstić information content (AvgIpc) is 2.58. The molecule has 27 heavy (non-hydrogen) atoms. The number of halogens is 1. The van der Waals surface area contributed by atoms with Crippen LogP contribution in [0.15, 0.2) is 42.5 Å². The molecule has 6 nitrogen and oxygen atoms in total. The molecule has 2 aromatic carbocycles. The number of benzene rings is 2. The highest BCUT2D eigenvalue weighted by Crippen LogP contribution is 2.23. The van der Waals surface area contributed by atoms with Gasteiger partial charge >= 0.3 is 5.97 Å². The van der Waals surface area contributed by atoms with E-state index in [9.17, 15) is 18.0 Å². The van der Waals surface area contributed by atoms with E-state index in [0.29, 0.717) is 21.8 Å². The van der Waals surface area contributed by atoms with Gasteiger partial charge in [-0.05, 0) is 49.2 Å². The van der Waals surface area contributed by atoms with Gasteiger partial charge in [-0.3, -0.25) is 4.79 Å². The lowest BCUT2D eigenvalue weighted by Gasteiger charge is -2.15. The zero-order chi connectivity index (χ0) is 20.2. The highest BCUT2D eigenvalue weighted by molar-refractivity contribution is 7.89. The van der Waals surface area contributed by atoms with Gasteiger partial charge in [0.25, 0.3) is 5.91 Å². The normalized spacial score (nSPS) is 12.3. The van der Waals surface area contributed by atoms with Crippen LogP contribution in [0.1, 0.15) is 28.4 Å². The second kappa shape index (κ2) is 8.54. The van der Waals surface area contributed by atoms with Gasteiger partial charge in [-0.1, -0.05) is 29.8 Å². The first kappa shape index (κ1) is 20.9. The molecule has 2 aromatic rings. The number of hydrogen-bond acceptors (Lipinski definition) is 5. The smallest absolute Gasteiger partial charge is 0.338 e. The molecule has 144 valence electrons. The molecule has 0 saturated heterocycles. The van der Waals surface area contributed by atoms with Crippen LogP contribution in [0.3, 0.4) is 0 Å². The minimum Gasteiger partial charge on any atom is -0.449 e. The van der Waals surface area contributed by atoms with Crippen LogP contribution < -0.4 is 5.32 Å². The van der Waals surface area contributed by atoms with Crippen molar-refractivity contribution in [2.24, 2.45) is 0 Å². The van der Waals surface area contributed by atoms with Crippen molar-refractivity contribution < 1.29 is 22.7 Å². The van der Waals surface area contributed by atoms with E-state index >= 15 is 0 Å². The Kier molecular flexibility index (Phi) is 6.62. The van der Waals surface area contributed by atoms with Crippen molar-refractivity contribution in [3.05, 3.63) is 64.2 Å². The summed E-state index contributed by atoms with van der Waals surface area (Å²) in [4.78, 5) is 24.4. The lowest BCUT2D eigenvalue weighted by Crippen LogP contribution is -2.30. The third-order valence-corrected chi connectivity index (χ3v) is 5.06. The van der Waals surface area contributed by atoms with Crippen molar-refractivity contribution in [3.63, 3.8) is 0 Å². The van der Waals surface area contributed by atoms with Gasteiger partial charge in [0.05, 0.1) is 11.3 Å². The van der Waals surface area contributed by atoms with E-state index in [-0.39, 0.29) is 11.3 Å². The van der Waals surface area contributed by atoms with Gasteiger partial charge in [0, 0.05) is 17.0 Å². The fourth-order valence-corrected chi connectivity index (χ4v) is 3.27. The summed E-state index contributed by atoms with van der Waals surface area (Å²) in [7, 11) is -3.16. The van der Waals surface area contributed by atoms with Crippen molar-refractivity contribution in [3.8, 4) is 0 Å². The molecule has 0 saturated carbocycles. The highest BCUT2D eigenvalue weighted by atomic mass is 35.5. The van der Waals surface area contributed by atoms with Crippen molar-refractivity contribution in [2.45, 2.75) is 25.7 Å². The van der Waals surface area contributed by atoms with E-state index in [2.05, 4.69) is 5.32 Å². The average molecular weight is 410 g/mol. The molecular formula is C19H20ClNO5S. The molecule has 0 aromatic heterocycles. The Labute approximate surface area is 163 Å². The van der Waals surface area contributed by atoms with Crippen LogP contribution in [-0.2, 0) is 25.1 Å². The van der Waals surface area contributed by atoms with Crippen LogP contribution in [0, 0.1) is 6.92 Å². The minimum absolute atomic E-state index is 0.111. The zero-order valence-corrected chi connectivity index (χ0v) is 16.7. The van der Waals surface area contributed by atoms with Crippen molar-refractivity contribution in [1.29, 1.82) is 0 Å². The van der Waals surface area contributed by atoms with E-state index in [0.717, 1.165) is 6.26 Å². The standard InChI is InChI=1S/C19H20ClNO5S/c1-12-16(20)5-4-6-17(12)21-18(22)13(2)26-19(23)15-9-7-14(8-10-15)11-27(3,24)25/h4-10,13H,11H2,1-3H3,(H,21,22)/t13-/m0/s1. The molecule has 1 amide bonds. The van der Waals surface area contributed by atoms with E-state index < -0.39 is 27.8 Å². The highest BCUT2D eigenvalue weighted by Gasteiger charge is 2.20. The summed E-state index contributed by atoms with van der Waals surface area (Å²) >= 11 is 6.02. The van der Waals surface area contributed by atoms with Crippen LogP contribution in [0.25, 0.3) is 0 Å². The number of nitrogens with one attached hydrogen (secondary N) is 1. The third-order valence-electron chi connectivity index (χ3n) is 3.80. The van der Waals surface area contributed by atoms with Crippen LogP contribution in [0.5, 0.6) is 0 Å². The van der Waals surface area contributed by atoms with Gasteiger partial charge in [0.2, 0.25) is 0 Å². The van der Waals surface area contributed by atoms with Crippen LogP contribution >= 0.6 is 11.6 Å². The lowest BCUT2D eigenvalue weighted by molar-refractivity contribution is -0.123. The summed E-state index contributed by atoms with van der Waals surface area (Å²) in [5.41, 5.74) is 2.05. The second-order valence-corrected chi connectivity index (χ2v) is 8.76. The van der Waals surface area contributed by atoms with E-state index in [1.807, 2.05) is 0 Å². The number of rotatable bonds is 6. The zero-order valence-electron chi connectivity index (χ0n) is 15.2. The van der Waals surface area contributed by atoms with Gasteiger partial charge in [-0.15, -0.1) is 0 Å². The molecule has 1 N–H and O–H groups in total. The predicted molar refractivity (Wildman–Crippen MR) is 105 cm³/mol. The number of carbonyl (C=O) groups is 2. The molecule has 0 aliphatic rings. The first-order chi connectivity index (χ1) is 12.6. The topological polar surface area (TPSA) is 89.5 Å². The fraction of sp³-hybridized carbons (Fsp3) is 0.263.